The number of rotatable bonds is 3. The van der Waals surface area contributed by atoms with Gasteiger partial charge < -0.3 is 5.11 Å². The maximum Gasteiger partial charge on any atom is 0.129 e. The number of aliphatic hydroxyl groups is 1. The SMILES string of the molecule is CC(O)(Cc1ccc(F)cc1)c1cc(Br)ccc1F. The quantitative estimate of drug-likeness (QED) is 0.897. The molecule has 1 N–H and O–H groups in total. The highest BCUT2D eigenvalue weighted by Gasteiger charge is 2.27. The highest BCUT2D eigenvalue weighted by molar-refractivity contribution is 9.10. The minimum atomic E-state index is -1.36. The van der Waals surface area contributed by atoms with E-state index in [1.54, 1.807) is 31.2 Å². The van der Waals surface area contributed by atoms with Crippen molar-refractivity contribution in [2.24, 2.45) is 0 Å². The van der Waals surface area contributed by atoms with Crippen LogP contribution in [0.25, 0.3) is 0 Å². The van der Waals surface area contributed by atoms with Crippen LogP contribution in [-0.2, 0) is 12.0 Å². The van der Waals surface area contributed by atoms with Crippen molar-refractivity contribution in [3.05, 3.63) is 69.7 Å². The van der Waals surface area contributed by atoms with Gasteiger partial charge in [0.15, 0.2) is 0 Å². The lowest BCUT2D eigenvalue weighted by atomic mass is 9.89. The molecular formula is C15H13BrF2O. The molecule has 1 unspecified atom stereocenters. The number of hydrogen-bond donors (Lipinski definition) is 1. The lowest BCUT2D eigenvalue weighted by molar-refractivity contribution is 0.0537. The van der Waals surface area contributed by atoms with Crippen molar-refractivity contribution in [1.82, 2.24) is 0 Å². The fourth-order valence-electron chi connectivity index (χ4n) is 2.01. The molecular weight excluding hydrogens is 314 g/mol. The number of hydrogen-bond acceptors (Lipinski definition) is 1. The third-order valence-electron chi connectivity index (χ3n) is 2.97. The van der Waals surface area contributed by atoms with Gasteiger partial charge in [-0.15, -0.1) is 0 Å². The summed E-state index contributed by atoms with van der Waals surface area (Å²) in [6.45, 7) is 1.54. The second-order valence-corrected chi connectivity index (χ2v) is 5.62. The van der Waals surface area contributed by atoms with E-state index in [-0.39, 0.29) is 17.8 Å². The van der Waals surface area contributed by atoms with Crippen molar-refractivity contribution in [2.45, 2.75) is 18.9 Å². The predicted octanol–water partition coefficient (Wildman–Crippen LogP) is 4.18. The summed E-state index contributed by atoms with van der Waals surface area (Å²) in [6, 6.07) is 10.2. The summed E-state index contributed by atoms with van der Waals surface area (Å²) in [5.41, 5.74) is -0.400. The van der Waals surface area contributed by atoms with Gasteiger partial charge in [-0.3, -0.25) is 0 Å². The van der Waals surface area contributed by atoms with E-state index in [1.807, 2.05) is 0 Å². The molecule has 0 saturated carbocycles. The molecule has 0 aromatic heterocycles. The van der Waals surface area contributed by atoms with Crippen LogP contribution in [0, 0.1) is 11.6 Å². The molecule has 0 amide bonds. The summed E-state index contributed by atoms with van der Waals surface area (Å²) in [4.78, 5) is 0. The van der Waals surface area contributed by atoms with E-state index in [9.17, 15) is 13.9 Å². The predicted molar refractivity (Wildman–Crippen MR) is 73.8 cm³/mol. The van der Waals surface area contributed by atoms with Crippen LogP contribution in [0.3, 0.4) is 0 Å². The first-order chi connectivity index (χ1) is 8.88. The highest BCUT2D eigenvalue weighted by Crippen LogP contribution is 2.29. The lowest BCUT2D eigenvalue weighted by Gasteiger charge is -2.24. The van der Waals surface area contributed by atoms with Gasteiger partial charge in [0.05, 0.1) is 5.60 Å². The van der Waals surface area contributed by atoms with Crippen molar-refractivity contribution in [1.29, 1.82) is 0 Å². The molecule has 2 rings (SSSR count). The molecule has 1 nitrogen and oxygen atoms in total. The Hall–Kier alpha value is -1.26. The van der Waals surface area contributed by atoms with Crippen LogP contribution in [0.2, 0.25) is 0 Å². The Morgan fingerprint density at radius 2 is 1.74 bits per heavy atom. The van der Waals surface area contributed by atoms with E-state index in [2.05, 4.69) is 15.9 Å². The molecule has 0 saturated heterocycles. The number of benzene rings is 2. The zero-order valence-electron chi connectivity index (χ0n) is 10.3. The molecule has 0 aliphatic rings. The number of halogens is 3. The molecule has 100 valence electrons. The van der Waals surface area contributed by atoms with Crippen molar-refractivity contribution in [2.75, 3.05) is 0 Å². The molecule has 0 aliphatic carbocycles. The van der Waals surface area contributed by atoms with E-state index in [0.29, 0.717) is 4.47 Å². The standard InChI is InChI=1S/C15H13BrF2O/c1-15(19,9-10-2-5-12(17)6-3-10)13-8-11(16)4-7-14(13)18/h2-8,19H,9H2,1H3. The van der Waals surface area contributed by atoms with E-state index in [0.717, 1.165) is 5.56 Å². The van der Waals surface area contributed by atoms with Crippen LogP contribution in [0.4, 0.5) is 8.78 Å². The van der Waals surface area contributed by atoms with Gasteiger partial charge in [-0.05, 0) is 42.8 Å². The lowest BCUT2D eigenvalue weighted by Crippen LogP contribution is -2.25. The summed E-state index contributed by atoms with van der Waals surface area (Å²) >= 11 is 3.26. The van der Waals surface area contributed by atoms with Gasteiger partial charge in [0.1, 0.15) is 11.6 Å². The Bertz CT molecular complexity index is 579. The van der Waals surface area contributed by atoms with Gasteiger partial charge >= 0.3 is 0 Å². The van der Waals surface area contributed by atoms with Gasteiger partial charge in [-0.25, -0.2) is 8.78 Å². The first-order valence-corrected chi connectivity index (χ1v) is 6.60. The fraction of sp³-hybridized carbons (Fsp3) is 0.200. The molecule has 19 heavy (non-hydrogen) atoms. The maximum absolute atomic E-state index is 13.8. The molecule has 0 radical (unpaired) electrons. The zero-order chi connectivity index (χ0) is 14.0. The molecule has 2 aromatic rings. The summed E-state index contributed by atoms with van der Waals surface area (Å²) in [5, 5.41) is 10.5. The average molecular weight is 327 g/mol. The third-order valence-corrected chi connectivity index (χ3v) is 3.46. The van der Waals surface area contributed by atoms with Crippen molar-refractivity contribution >= 4 is 15.9 Å². The molecule has 2 aromatic carbocycles. The van der Waals surface area contributed by atoms with Crippen LogP contribution in [0.5, 0.6) is 0 Å². The van der Waals surface area contributed by atoms with Crippen molar-refractivity contribution in [3.63, 3.8) is 0 Å². The molecule has 1 atom stereocenters. The minimum absolute atomic E-state index is 0.209. The van der Waals surface area contributed by atoms with E-state index >= 15 is 0 Å². The Balaban J connectivity index is 2.31. The Morgan fingerprint density at radius 3 is 2.37 bits per heavy atom. The zero-order valence-corrected chi connectivity index (χ0v) is 11.9. The molecule has 0 fully saturated rings. The molecule has 0 bridgehead atoms. The summed E-state index contributed by atoms with van der Waals surface area (Å²) in [5.74, 6) is -0.799. The Kier molecular flexibility index (Phi) is 4.02. The van der Waals surface area contributed by atoms with Crippen LogP contribution < -0.4 is 0 Å². The normalized spacial score (nSPS) is 14.2. The van der Waals surface area contributed by atoms with Gasteiger partial charge in [0.25, 0.3) is 0 Å². The van der Waals surface area contributed by atoms with Gasteiger partial charge in [-0.2, -0.15) is 0 Å². The van der Waals surface area contributed by atoms with E-state index < -0.39 is 11.4 Å². The maximum atomic E-state index is 13.8. The second-order valence-electron chi connectivity index (χ2n) is 4.70. The molecule has 0 aliphatic heterocycles. The first-order valence-electron chi connectivity index (χ1n) is 5.81. The first kappa shape index (κ1) is 14.2. The van der Waals surface area contributed by atoms with Gasteiger partial charge in [0.2, 0.25) is 0 Å². The summed E-state index contributed by atoms with van der Waals surface area (Å²) in [6.07, 6.45) is 0.209. The second kappa shape index (κ2) is 5.39. The molecule has 0 heterocycles. The highest BCUT2D eigenvalue weighted by atomic mass is 79.9. The summed E-state index contributed by atoms with van der Waals surface area (Å²) < 4.78 is 27.3. The monoisotopic (exact) mass is 326 g/mol. The van der Waals surface area contributed by atoms with Crippen molar-refractivity contribution in [3.8, 4) is 0 Å². The third kappa shape index (κ3) is 3.39. The molecule has 0 spiro atoms. The fourth-order valence-corrected chi connectivity index (χ4v) is 2.37. The molecule has 4 heteroatoms. The van der Waals surface area contributed by atoms with E-state index in [1.165, 1.54) is 18.2 Å². The Morgan fingerprint density at radius 1 is 1.11 bits per heavy atom. The largest absolute Gasteiger partial charge is 0.385 e. The van der Waals surface area contributed by atoms with E-state index in [4.69, 9.17) is 0 Å². The topological polar surface area (TPSA) is 20.2 Å². The van der Waals surface area contributed by atoms with Crippen molar-refractivity contribution < 1.29 is 13.9 Å². The smallest absolute Gasteiger partial charge is 0.129 e. The van der Waals surface area contributed by atoms with Crippen LogP contribution >= 0.6 is 15.9 Å². The minimum Gasteiger partial charge on any atom is -0.385 e. The average Bonchev–Trinajstić information content (AvgIpc) is 2.35. The van der Waals surface area contributed by atoms with Crippen LogP contribution in [0.1, 0.15) is 18.1 Å². The Labute approximate surface area is 119 Å². The van der Waals surface area contributed by atoms with Crippen LogP contribution in [0.15, 0.2) is 46.9 Å². The van der Waals surface area contributed by atoms with Gasteiger partial charge in [-0.1, -0.05) is 28.1 Å². The summed E-state index contributed by atoms with van der Waals surface area (Å²) in [7, 11) is 0. The van der Waals surface area contributed by atoms with Crippen LogP contribution in [-0.4, -0.2) is 5.11 Å². The van der Waals surface area contributed by atoms with Gasteiger partial charge in [0, 0.05) is 16.5 Å².